The van der Waals surface area contributed by atoms with Crippen LogP contribution in [-0.2, 0) is 16.1 Å². The number of amides is 1. The molecule has 0 fully saturated rings. The van der Waals surface area contributed by atoms with E-state index in [1.807, 2.05) is 36.4 Å². The molecule has 1 atom stereocenters. The Kier molecular flexibility index (Phi) is 7.86. The van der Waals surface area contributed by atoms with Crippen LogP contribution < -0.4 is 10.6 Å². The minimum atomic E-state index is -0.839. The van der Waals surface area contributed by atoms with Crippen LogP contribution in [0.5, 0.6) is 0 Å². The topological polar surface area (TPSA) is 114 Å². The number of hydrogen-bond donors (Lipinski definition) is 3. The lowest BCUT2D eigenvalue weighted by molar-refractivity contribution is -0.136. The van der Waals surface area contributed by atoms with Crippen molar-refractivity contribution in [3.63, 3.8) is 0 Å². The number of carboxylic acids is 1. The van der Waals surface area contributed by atoms with Gasteiger partial charge >= 0.3 is 12.1 Å². The lowest BCUT2D eigenvalue weighted by Gasteiger charge is -2.15. The van der Waals surface area contributed by atoms with Crippen LogP contribution in [0.2, 0.25) is 5.02 Å². The van der Waals surface area contributed by atoms with Crippen molar-refractivity contribution in [3.05, 3.63) is 70.4 Å². The lowest BCUT2D eigenvalue weighted by Crippen LogP contribution is -2.17. The summed E-state index contributed by atoms with van der Waals surface area (Å²) in [5.74, 6) is -0.427. The third-order valence-electron chi connectivity index (χ3n) is 4.78. The van der Waals surface area contributed by atoms with Crippen LogP contribution >= 0.6 is 11.6 Å². The number of nitrogens with one attached hydrogen (secondary N) is 2. The van der Waals surface area contributed by atoms with Gasteiger partial charge in [-0.25, -0.2) is 4.79 Å². The number of carbonyl (C=O) groups excluding carboxylic acids is 1. The van der Waals surface area contributed by atoms with E-state index in [4.69, 9.17) is 26.0 Å². The quantitative estimate of drug-likeness (QED) is 0.379. The zero-order valence-electron chi connectivity index (χ0n) is 17.7. The number of halogens is 1. The number of carboxylic acid groups (broad SMARTS) is 1. The maximum Gasteiger partial charge on any atom is 0.412 e. The van der Waals surface area contributed by atoms with Gasteiger partial charge in [-0.2, -0.15) is 0 Å². The SMILES string of the molecule is Cc1noc(-c2ccc(CNCCC(=O)O)cc2)c1NC(=O)OC(C)c1ccccc1Cl. The van der Waals surface area contributed by atoms with Gasteiger partial charge < -0.3 is 19.7 Å². The predicted molar refractivity (Wildman–Crippen MR) is 121 cm³/mol. The van der Waals surface area contributed by atoms with E-state index in [-0.39, 0.29) is 6.42 Å². The Morgan fingerprint density at radius 2 is 1.91 bits per heavy atom. The molecule has 168 valence electrons. The van der Waals surface area contributed by atoms with Crippen molar-refractivity contribution in [2.24, 2.45) is 0 Å². The van der Waals surface area contributed by atoms with E-state index in [2.05, 4.69) is 15.8 Å². The Balaban J connectivity index is 1.65. The van der Waals surface area contributed by atoms with Crippen LogP contribution in [0.25, 0.3) is 11.3 Å². The number of aryl methyl sites for hydroxylation is 1. The Morgan fingerprint density at radius 3 is 2.59 bits per heavy atom. The molecule has 1 amide bonds. The van der Waals surface area contributed by atoms with Gasteiger partial charge in [0, 0.05) is 29.2 Å². The molecule has 0 aliphatic carbocycles. The third kappa shape index (κ3) is 6.09. The molecular formula is C23H24ClN3O5. The molecular weight excluding hydrogens is 434 g/mol. The summed E-state index contributed by atoms with van der Waals surface area (Å²) in [6, 6.07) is 14.6. The molecule has 1 aromatic heterocycles. The Labute approximate surface area is 190 Å². The molecule has 0 saturated heterocycles. The summed E-state index contributed by atoms with van der Waals surface area (Å²) >= 11 is 6.18. The van der Waals surface area contributed by atoms with Crippen molar-refractivity contribution >= 4 is 29.4 Å². The van der Waals surface area contributed by atoms with Crippen LogP contribution in [0.15, 0.2) is 53.1 Å². The number of nitrogens with zero attached hydrogens (tertiary/aromatic N) is 1. The summed E-state index contributed by atoms with van der Waals surface area (Å²) in [6.45, 7) is 4.40. The van der Waals surface area contributed by atoms with Crippen molar-refractivity contribution in [1.82, 2.24) is 10.5 Å². The number of anilines is 1. The first-order chi connectivity index (χ1) is 15.3. The summed E-state index contributed by atoms with van der Waals surface area (Å²) in [7, 11) is 0. The number of hydrogen-bond acceptors (Lipinski definition) is 6. The van der Waals surface area contributed by atoms with Gasteiger partial charge in [-0.3, -0.25) is 10.1 Å². The van der Waals surface area contributed by atoms with Gasteiger partial charge in [-0.1, -0.05) is 59.2 Å². The minimum absolute atomic E-state index is 0.0651. The van der Waals surface area contributed by atoms with Gasteiger partial charge in [0.25, 0.3) is 0 Å². The molecule has 3 aromatic rings. The van der Waals surface area contributed by atoms with Crippen LogP contribution in [0.3, 0.4) is 0 Å². The molecule has 0 saturated carbocycles. The largest absolute Gasteiger partial charge is 0.481 e. The average Bonchev–Trinajstić information content (AvgIpc) is 3.11. The standard InChI is InChI=1S/C23H24ClN3O5/c1-14-21(26-23(30)31-15(2)18-5-3-4-6-19(18)24)22(32-27-14)17-9-7-16(8-10-17)13-25-12-11-20(28)29/h3-10,15,25H,11-13H2,1-2H3,(H,26,30)(H,28,29). The van der Waals surface area contributed by atoms with E-state index < -0.39 is 18.2 Å². The highest BCUT2D eigenvalue weighted by Gasteiger charge is 2.20. The van der Waals surface area contributed by atoms with Crippen LogP contribution in [0.4, 0.5) is 10.5 Å². The van der Waals surface area contributed by atoms with Gasteiger partial charge in [0.15, 0.2) is 5.76 Å². The van der Waals surface area contributed by atoms with Crippen LogP contribution in [-0.4, -0.2) is 28.9 Å². The third-order valence-corrected chi connectivity index (χ3v) is 5.12. The summed E-state index contributed by atoms with van der Waals surface area (Å²) in [5, 5.41) is 18.9. The number of carbonyl (C=O) groups is 2. The molecule has 0 bridgehead atoms. The van der Waals surface area contributed by atoms with Crippen molar-refractivity contribution in [1.29, 1.82) is 0 Å². The fourth-order valence-corrected chi connectivity index (χ4v) is 3.37. The normalized spacial score (nSPS) is 11.7. The molecule has 3 N–H and O–H groups in total. The Bertz CT molecular complexity index is 1080. The first kappa shape index (κ1) is 23.3. The van der Waals surface area contributed by atoms with E-state index in [0.717, 1.165) is 11.1 Å². The fraction of sp³-hybridized carbons (Fsp3) is 0.261. The van der Waals surface area contributed by atoms with E-state index in [1.165, 1.54) is 0 Å². The second kappa shape index (κ2) is 10.8. The molecule has 8 nitrogen and oxygen atoms in total. The summed E-state index contributed by atoms with van der Waals surface area (Å²) in [6.07, 6.45) is -1.13. The maximum absolute atomic E-state index is 12.5. The predicted octanol–water partition coefficient (Wildman–Crippen LogP) is 5.18. The summed E-state index contributed by atoms with van der Waals surface area (Å²) < 4.78 is 10.9. The highest BCUT2D eigenvalue weighted by atomic mass is 35.5. The first-order valence-electron chi connectivity index (χ1n) is 10.0. The first-order valence-corrected chi connectivity index (χ1v) is 10.4. The fourth-order valence-electron chi connectivity index (χ4n) is 3.08. The van der Waals surface area contributed by atoms with Gasteiger partial charge in [-0.15, -0.1) is 0 Å². The number of rotatable bonds is 9. The van der Waals surface area contributed by atoms with Crippen molar-refractivity contribution in [2.75, 3.05) is 11.9 Å². The van der Waals surface area contributed by atoms with Gasteiger partial charge in [0.1, 0.15) is 17.5 Å². The van der Waals surface area contributed by atoms with Gasteiger partial charge in [0.2, 0.25) is 0 Å². The number of benzene rings is 2. The molecule has 1 unspecified atom stereocenters. The zero-order chi connectivity index (χ0) is 23.1. The minimum Gasteiger partial charge on any atom is -0.481 e. The highest BCUT2D eigenvalue weighted by molar-refractivity contribution is 6.31. The smallest absolute Gasteiger partial charge is 0.412 e. The molecule has 32 heavy (non-hydrogen) atoms. The Morgan fingerprint density at radius 1 is 1.19 bits per heavy atom. The van der Waals surface area contributed by atoms with E-state index in [9.17, 15) is 9.59 Å². The highest BCUT2D eigenvalue weighted by Crippen LogP contribution is 2.32. The van der Waals surface area contributed by atoms with E-state index in [0.29, 0.717) is 40.8 Å². The van der Waals surface area contributed by atoms with E-state index in [1.54, 1.807) is 26.0 Å². The molecule has 0 aliphatic rings. The van der Waals surface area contributed by atoms with Crippen molar-refractivity contribution in [2.45, 2.75) is 32.9 Å². The zero-order valence-corrected chi connectivity index (χ0v) is 18.5. The van der Waals surface area contributed by atoms with Crippen molar-refractivity contribution in [3.8, 4) is 11.3 Å². The average molecular weight is 458 g/mol. The molecule has 0 spiro atoms. The molecule has 3 rings (SSSR count). The van der Waals surface area contributed by atoms with Crippen LogP contribution in [0.1, 0.15) is 36.3 Å². The second-order valence-electron chi connectivity index (χ2n) is 7.18. The molecule has 0 radical (unpaired) electrons. The molecule has 9 heteroatoms. The number of ether oxygens (including phenoxy) is 1. The second-order valence-corrected chi connectivity index (χ2v) is 7.59. The monoisotopic (exact) mass is 457 g/mol. The van der Waals surface area contributed by atoms with E-state index >= 15 is 0 Å². The Hall–Kier alpha value is -3.36. The summed E-state index contributed by atoms with van der Waals surface area (Å²) in [4.78, 5) is 23.1. The molecule has 2 aromatic carbocycles. The molecule has 1 heterocycles. The van der Waals surface area contributed by atoms with Gasteiger partial charge in [0.05, 0.1) is 6.42 Å². The van der Waals surface area contributed by atoms with Crippen LogP contribution in [0, 0.1) is 6.92 Å². The lowest BCUT2D eigenvalue weighted by atomic mass is 10.1. The summed E-state index contributed by atoms with van der Waals surface area (Å²) in [5.41, 5.74) is 3.36. The maximum atomic E-state index is 12.5. The van der Waals surface area contributed by atoms with Gasteiger partial charge in [-0.05, 0) is 25.5 Å². The number of aromatic nitrogens is 1. The number of aliphatic carboxylic acids is 1. The van der Waals surface area contributed by atoms with Crippen molar-refractivity contribution < 1.29 is 24.0 Å². The molecule has 0 aliphatic heterocycles.